The zero-order valence-electron chi connectivity index (χ0n) is 8.86. The fraction of sp³-hybridized carbons (Fsp3) is 0.364. The second-order valence-corrected chi connectivity index (χ2v) is 2.88. The van der Waals surface area contributed by atoms with Crippen molar-refractivity contribution in [1.29, 1.82) is 0 Å². The molecule has 1 aromatic carbocycles. The summed E-state index contributed by atoms with van der Waals surface area (Å²) in [6.45, 7) is 2.29. The molecule has 0 spiro atoms. The highest BCUT2D eigenvalue weighted by Crippen LogP contribution is 2.17. The molecule has 0 aliphatic carbocycles. The highest BCUT2D eigenvalue weighted by Gasteiger charge is 2.04. The molecule has 0 aromatic heterocycles. The Hall–Kier alpha value is -1.71. The van der Waals surface area contributed by atoms with Gasteiger partial charge < -0.3 is 14.2 Å². The van der Waals surface area contributed by atoms with Crippen LogP contribution >= 0.6 is 0 Å². The van der Waals surface area contributed by atoms with Crippen LogP contribution in [0.3, 0.4) is 0 Å². The van der Waals surface area contributed by atoms with Gasteiger partial charge in [-0.15, -0.1) is 0 Å². The Morgan fingerprint density at radius 2 is 1.80 bits per heavy atom. The van der Waals surface area contributed by atoms with Gasteiger partial charge in [0.1, 0.15) is 11.5 Å². The summed E-state index contributed by atoms with van der Waals surface area (Å²) >= 11 is 0. The lowest BCUT2D eigenvalue weighted by Gasteiger charge is -2.05. The van der Waals surface area contributed by atoms with E-state index in [0.717, 1.165) is 6.42 Å². The van der Waals surface area contributed by atoms with E-state index in [2.05, 4.69) is 0 Å². The molecule has 1 aromatic rings. The van der Waals surface area contributed by atoms with Gasteiger partial charge in [0.2, 0.25) is 0 Å². The number of ether oxygens (including phenoxy) is 3. The first-order valence-electron chi connectivity index (χ1n) is 4.75. The first-order valence-corrected chi connectivity index (χ1v) is 4.75. The standard InChI is InChI=1S/C11H14O4/c1-3-8-14-11(12)15-10-6-4-9(13-2)5-7-10/h4-7H,3,8H2,1-2H3. The van der Waals surface area contributed by atoms with Crippen molar-refractivity contribution >= 4 is 6.16 Å². The molecule has 0 N–H and O–H groups in total. The van der Waals surface area contributed by atoms with Gasteiger partial charge in [0.15, 0.2) is 0 Å². The van der Waals surface area contributed by atoms with Crippen LogP contribution in [0.4, 0.5) is 4.79 Å². The molecule has 0 bridgehead atoms. The van der Waals surface area contributed by atoms with Crippen LogP contribution in [-0.4, -0.2) is 19.9 Å². The molecule has 0 amide bonds. The van der Waals surface area contributed by atoms with Crippen molar-refractivity contribution < 1.29 is 19.0 Å². The summed E-state index contributed by atoms with van der Waals surface area (Å²) in [6.07, 6.45) is 0.0968. The van der Waals surface area contributed by atoms with Crippen molar-refractivity contribution in [3.05, 3.63) is 24.3 Å². The quantitative estimate of drug-likeness (QED) is 0.566. The number of carbonyl (C=O) groups is 1. The zero-order chi connectivity index (χ0) is 11.1. The van der Waals surface area contributed by atoms with Crippen molar-refractivity contribution in [3.63, 3.8) is 0 Å². The van der Waals surface area contributed by atoms with E-state index in [1.54, 1.807) is 31.4 Å². The molecule has 4 nitrogen and oxygen atoms in total. The van der Waals surface area contributed by atoms with E-state index in [9.17, 15) is 4.79 Å². The average Bonchev–Trinajstić information content (AvgIpc) is 2.27. The van der Waals surface area contributed by atoms with E-state index in [1.165, 1.54) is 0 Å². The summed E-state index contributed by atoms with van der Waals surface area (Å²) in [5.74, 6) is 1.15. The Bertz CT molecular complexity index is 305. The maximum absolute atomic E-state index is 11.1. The number of rotatable bonds is 4. The number of hydrogen-bond acceptors (Lipinski definition) is 4. The van der Waals surface area contributed by atoms with Crippen molar-refractivity contribution in [1.82, 2.24) is 0 Å². The Labute approximate surface area is 88.8 Å². The van der Waals surface area contributed by atoms with Gasteiger partial charge in [-0.05, 0) is 30.7 Å². The lowest BCUT2D eigenvalue weighted by Crippen LogP contribution is -2.10. The molecule has 4 heteroatoms. The Morgan fingerprint density at radius 3 is 2.33 bits per heavy atom. The summed E-state index contributed by atoms with van der Waals surface area (Å²) in [5, 5.41) is 0. The normalized spacial score (nSPS) is 9.47. The van der Waals surface area contributed by atoms with E-state index < -0.39 is 6.16 Å². The molecule has 0 aliphatic heterocycles. The van der Waals surface area contributed by atoms with Crippen molar-refractivity contribution in [2.45, 2.75) is 13.3 Å². The molecular weight excluding hydrogens is 196 g/mol. The predicted octanol–water partition coefficient (Wildman–Crippen LogP) is 2.62. The fourth-order valence-corrected chi connectivity index (χ4v) is 0.955. The van der Waals surface area contributed by atoms with Gasteiger partial charge in [-0.1, -0.05) is 6.92 Å². The molecule has 0 heterocycles. The molecule has 82 valence electrons. The van der Waals surface area contributed by atoms with Gasteiger partial charge in [-0.3, -0.25) is 0 Å². The third-order valence-electron chi connectivity index (χ3n) is 1.68. The van der Waals surface area contributed by atoms with Crippen molar-refractivity contribution in [2.75, 3.05) is 13.7 Å². The summed E-state index contributed by atoms with van der Waals surface area (Å²) in [4.78, 5) is 11.1. The third kappa shape index (κ3) is 3.89. The first-order chi connectivity index (χ1) is 7.26. The minimum atomic E-state index is -0.679. The van der Waals surface area contributed by atoms with E-state index in [-0.39, 0.29) is 0 Å². The Balaban J connectivity index is 2.46. The topological polar surface area (TPSA) is 44.8 Å². The Morgan fingerprint density at radius 1 is 1.20 bits per heavy atom. The molecule has 0 saturated carbocycles. The van der Waals surface area contributed by atoms with Gasteiger partial charge in [0.05, 0.1) is 13.7 Å². The second-order valence-electron chi connectivity index (χ2n) is 2.88. The number of benzene rings is 1. The maximum atomic E-state index is 11.1. The first kappa shape index (κ1) is 11.4. The SMILES string of the molecule is CCCOC(=O)Oc1ccc(OC)cc1. The molecule has 15 heavy (non-hydrogen) atoms. The highest BCUT2D eigenvalue weighted by molar-refractivity contribution is 5.63. The van der Waals surface area contributed by atoms with E-state index in [4.69, 9.17) is 14.2 Å². The van der Waals surface area contributed by atoms with Crippen LogP contribution < -0.4 is 9.47 Å². The van der Waals surface area contributed by atoms with Crippen molar-refractivity contribution in [3.8, 4) is 11.5 Å². The summed E-state index contributed by atoms with van der Waals surface area (Å²) in [6, 6.07) is 6.71. The zero-order valence-corrected chi connectivity index (χ0v) is 8.86. The maximum Gasteiger partial charge on any atom is 0.513 e. The molecule has 0 aliphatic rings. The molecular formula is C11H14O4. The number of hydrogen-bond donors (Lipinski definition) is 0. The number of methoxy groups -OCH3 is 1. The molecule has 0 unspecified atom stereocenters. The van der Waals surface area contributed by atoms with Gasteiger partial charge >= 0.3 is 6.16 Å². The van der Waals surface area contributed by atoms with E-state index in [1.807, 2.05) is 6.92 Å². The van der Waals surface area contributed by atoms with Crippen LogP contribution in [0.1, 0.15) is 13.3 Å². The summed E-state index contributed by atoms with van der Waals surface area (Å²) < 4.78 is 14.6. The van der Waals surface area contributed by atoms with Crippen LogP contribution in [0.2, 0.25) is 0 Å². The second kappa shape index (κ2) is 5.90. The van der Waals surface area contributed by atoms with Crippen LogP contribution in [0, 0.1) is 0 Å². The van der Waals surface area contributed by atoms with E-state index >= 15 is 0 Å². The molecule has 0 saturated heterocycles. The van der Waals surface area contributed by atoms with Gasteiger partial charge in [-0.2, -0.15) is 0 Å². The van der Waals surface area contributed by atoms with Crippen LogP contribution in [0.25, 0.3) is 0 Å². The highest BCUT2D eigenvalue weighted by atomic mass is 16.7. The monoisotopic (exact) mass is 210 g/mol. The summed E-state index contributed by atoms with van der Waals surface area (Å²) in [5.41, 5.74) is 0. The fourth-order valence-electron chi connectivity index (χ4n) is 0.955. The summed E-state index contributed by atoms with van der Waals surface area (Å²) in [7, 11) is 1.57. The molecule has 0 fully saturated rings. The Kier molecular flexibility index (Phi) is 4.47. The van der Waals surface area contributed by atoms with Crippen LogP contribution in [-0.2, 0) is 4.74 Å². The average molecular weight is 210 g/mol. The van der Waals surface area contributed by atoms with Crippen LogP contribution in [0.15, 0.2) is 24.3 Å². The predicted molar refractivity (Wildman–Crippen MR) is 55.3 cm³/mol. The molecule has 1 rings (SSSR count). The molecule has 0 radical (unpaired) electrons. The minimum Gasteiger partial charge on any atom is -0.497 e. The molecule has 0 atom stereocenters. The van der Waals surface area contributed by atoms with Crippen LogP contribution in [0.5, 0.6) is 11.5 Å². The smallest absolute Gasteiger partial charge is 0.497 e. The minimum absolute atomic E-state index is 0.370. The largest absolute Gasteiger partial charge is 0.513 e. The lowest BCUT2D eigenvalue weighted by atomic mass is 10.3. The number of carbonyl (C=O) groups excluding carboxylic acids is 1. The van der Waals surface area contributed by atoms with Gasteiger partial charge in [-0.25, -0.2) is 4.79 Å². The van der Waals surface area contributed by atoms with Crippen molar-refractivity contribution in [2.24, 2.45) is 0 Å². The van der Waals surface area contributed by atoms with E-state index in [0.29, 0.717) is 18.1 Å². The third-order valence-corrected chi connectivity index (χ3v) is 1.68. The van der Waals surface area contributed by atoms with Gasteiger partial charge in [0, 0.05) is 0 Å². The van der Waals surface area contributed by atoms with Gasteiger partial charge in [0.25, 0.3) is 0 Å². The lowest BCUT2D eigenvalue weighted by molar-refractivity contribution is 0.0991.